The summed E-state index contributed by atoms with van der Waals surface area (Å²) in [5.74, 6) is 2.57. The summed E-state index contributed by atoms with van der Waals surface area (Å²) in [6, 6.07) is 0. The van der Waals surface area contributed by atoms with Gasteiger partial charge in [-0.3, -0.25) is 9.59 Å². The van der Waals surface area contributed by atoms with Gasteiger partial charge in [0.1, 0.15) is 6.10 Å². The highest BCUT2D eigenvalue weighted by molar-refractivity contribution is 5.70. The van der Waals surface area contributed by atoms with Crippen molar-refractivity contribution in [2.45, 2.75) is 112 Å². The van der Waals surface area contributed by atoms with Crippen LogP contribution in [0.25, 0.3) is 0 Å². The fourth-order valence-corrected chi connectivity index (χ4v) is 8.94. The number of carbonyl (C=O) groups excluding carboxylic acids is 1. The first-order chi connectivity index (χ1) is 16.0. The second kappa shape index (κ2) is 9.62. The molecule has 9 atom stereocenters. The topological polar surface area (TPSA) is 63.6 Å². The summed E-state index contributed by atoms with van der Waals surface area (Å²) < 4.78 is 5.59. The lowest BCUT2D eigenvalue weighted by Gasteiger charge is -2.58. The van der Waals surface area contributed by atoms with Crippen LogP contribution in [-0.4, -0.2) is 23.1 Å². The normalized spacial score (nSPS) is 41.0. The SMILES string of the molecule is CC(=O)OC1CCC2(C)C(=CCC3C2CCC2(C)C(C(CCC(C)C(C)C)C(=O)O)CCC32)C1. The zero-order valence-corrected chi connectivity index (χ0v) is 22.4. The second-order valence-corrected chi connectivity index (χ2v) is 13.2. The molecule has 0 amide bonds. The molecule has 0 saturated heterocycles. The Labute approximate surface area is 207 Å². The molecule has 4 aliphatic rings. The van der Waals surface area contributed by atoms with E-state index in [0.717, 1.165) is 44.9 Å². The largest absolute Gasteiger partial charge is 0.481 e. The van der Waals surface area contributed by atoms with E-state index in [4.69, 9.17) is 4.74 Å². The summed E-state index contributed by atoms with van der Waals surface area (Å²) in [6.45, 7) is 13.2. The first-order valence-corrected chi connectivity index (χ1v) is 14.1. The smallest absolute Gasteiger partial charge is 0.306 e. The summed E-state index contributed by atoms with van der Waals surface area (Å²) in [7, 11) is 0. The Morgan fingerprint density at radius 1 is 1.06 bits per heavy atom. The third-order valence-corrected chi connectivity index (χ3v) is 11.3. The quantitative estimate of drug-likeness (QED) is 0.312. The minimum absolute atomic E-state index is 0.0441. The van der Waals surface area contributed by atoms with Gasteiger partial charge in [-0.15, -0.1) is 0 Å². The highest BCUT2D eigenvalue weighted by Gasteiger charge is 2.60. The number of aliphatic carboxylic acids is 1. The van der Waals surface area contributed by atoms with E-state index in [-0.39, 0.29) is 28.8 Å². The van der Waals surface area contributed by atoms with Gasteiger partial charge < -0.3 is 9.84 Å². The Morgan fingerprint density at radius 3 is 2.44 bits per heavy atom. The van der Waals surface area contributed by atoms with E-state index < -0.39 is 5.97 Å². The number of carbonyl (C=O) groups is 2. The average molecular weight is 473 g/mol. The zero-order chi connectivity index (χ0) is 24.8. The standard InChI is InChI=1S/C30H48O4/c1-18(2)19(3)7-9-24(28(32)33)26-12-11-25-23-10-8-21-17-22(34-20(4)31)13-15-29(21,5)27(23)14-16-30(25,26)6/h8,18-19,22-27H,7,9-17H2,1-6H3,(H,32,33). The fraction of sp³-hybridized carbons (Fsp3) is 0.867. The first kappa shape index (κ1) is 25.8. The molecule has 0 spiro atoms. The number of hydrogen-bond acceptors (Lipinski definition) is 3. The van der Waals surface area contributed by atoms with E-state index in [1.165, 1.54) is 31.8 Å². The van der Waals surface area contributed by atoms with E-state index in [2.05, 4.69) is 40.7 Å². The van der Waals surface area contributed by atoms with Gasteiger partial charge >= 0.3 is 11.9 Å². The van der Waals surface area contributed by atoms with Gasteiger partial charge in [0.2, 0.25) is 0 Å². The lowest BCUT2D eigenvalue weighted by atomic mass is 9.47. The van der Waals surface area contributed by atoms with Crippen molar-refractivity contribution >= 4 is 11.9 Å². The Kier molecular flexibility index (Phi) is 7.29. The monoisotopic (exact) mass is 472 g/mol. The first-order valence-electron chi connectivity index (χ1n) is 14.1. The molecule has 4 aliphatic carbocycles. The number of hydrogen-bond donors (Lipinski definition) is 1. The van der Waals surface area contributed by atoms with Crippen molar-refractivity contribution in [2.24, 2.45) is 52.3 Å². The second-order valence-electron chi connectivity index (χ2n) is 13.2. The molecule has 0 bridgehead atoms. The van der Waals surface area contributed by atoms with Gasteiger partial charge in [0.05, 0.1) is 5.92 Å². The van der Waals surface area contributed by atoms with Crippen LogP contribution in [0, 0.1) is 52.3 Å². The van der Waals surface area contributed by atoms with Crippen LogP contribution in [0.3, 0.4) is 0 Å². The van der Waals surface area contributed by atoms with E-state index in [1.807, 2.05) is 0 Å². The molecule has 192 valence electrons. The molecular formula is C30H48O4. The molecule has 0 radical (unpaired) electrons. The fourth-order valence-electron chi connectivity index (χ4n) is 8.94. The van der Waals surface area contributed by atoms with Crippen molar-refractivity contribution < 1.29 is 19.4 Å². The van der Waals surface area contributed by atoms with Gasteiger partial charge in [-0.2, -0.15) is 0 Å². The zero-order valence-electron chi connectivity index (χ0n) is 22.4. The van der Waals surface area contributed by atoms with Gasteiger partial charge in [0, 0.05) is 13.3 Å². The summed E-state index contributed by atoms with van der Waals surface area (Å²) in [5.41, 5.74) is 1.90. The summed E-state index contributed by atoms with van der Waals surface area (Å²) in [4.78, 5) is 24.0. The number of carboxylic acid groups (broad SMARTS) is 1. The van der Waals surface area contributed by atoms with Crippen molar-refractivity contribution in [3.63, 3.8) is 0 Å². The number of rotatable bonds is 7. The molecule has 3 fully saturated rings. The van der Waals surface area contributed by atoms with Crippen LogP contribution in [-0.2, 0) is 14.3 Å². The van der Waals surface area contributed by atoms with Gasteiger partial charge in [-0.25, -0.2) is 0 Å². The van der Waals surface area contributed by atoms with Crippen LogP contribution in [0.15, 0.2) is 11.6 Å². The molecule has 3 saturated carbocycles. The number of carboxylic acids is 1. The van der Waals surface area contributed by atoms with E-state index in [1.54, 1.807) is 0 Å². The molecule has 0 aromatic rings. The molecule has 4 heteroatoms. The predicted molar refractivity (Wildman–Crippen MR) is 135 cm³/mol. The maximum atomic E-state index is 12.5. The molecule has 0 aromatic carbocycles. The minimum atomic E-state index is -0.563. The van der Waals surface area contributed by atoms with Crippen molar-refractivity contribution in [1.29, 1.82) is 0 Å². The summed E-state index contributed by atoms with van der Waals surface area (Å²) in [5, 5.41) is 10.3. The van der Waals surface area contributed by atoms with Gasteiger partial charge in [0.15, 0.2) is 0 Å². The Morgan fingerprint density at radius 2 is 1.79 bits per heavy atom. The predicted octanol–water partition coefficient (Wildman–Crippen LogP) is 7.27. The molecule has 4 nitrogen and oxygen atoms in total. The Balaban J connectivity index is 1.51. The number of fused-ring (bicyclic) bond motifs is 5. The molecule has 1 N–H and O–H groups in total. The van der Waals surface area contributed by atoms with Crippen molar-refractivity contribution in [2.75, 3.05) is 0 Å². The number of allylic oxidation sites excluding steroid dienone is 1. The van der Waals surface area contributed by atoms with Crippen LogP contribution >= 0.6 is 0 Å². The molecule has 9 unspecified atom stereocenters. The molecular weight excluding hydrogens is 424 g/mol. The Bertz CT molecular complexity index is 815. The lowest BCUT2D eigenvalue weighted by molar-refractivity contribution is -0.149. The molecule has 0 aromatic heterocycles. The highest BCUT2D eigenvalue weighted by Crippen LogP contribution is 2.67. The highest BCUT2D eigenvalue weighted by atomic mass is 16.5. The maximum Gasteiger partial charge on any atom is 0.306 e. The van der Waals surface area contributed by atoms with E-state index in [0.29, 0.717) is 35.5 Å². The van der Waals surface area contributed by atoms with Crippen molar-refractivity contribution in [1.82, 2.24) is 0 Å². The lowest BCUT2D eigenvalue weighted by Crippen LogP contribution is -2.51. The number of esters is 1. The van der Waals surface area contributed by atoms with E-state index in [9.17, 15) is 14.7 Å². The summed E-state index contributed by atoms with van der Waals surface area (Å²) in [6.07, 6.45) is 13.2. The maximum absolute atomic E-state index is 12.5. The van der Waals surface area contributed by atoms with Crippen molar-refractivity contribution in [3.8, 4) is 0 Å². The van der Waals surface area contributed by atoms with E-state index >= 15 is 0 Å². The van der Waals surface area contributed by atoms with Crippen LogP contribution in [0.4, 0.5) is 0 Å². The van der Waals surface area contributed by atoms with Crippen LogP contribution < -0.4 is 0 Å². The third kappa shape index (κ3) is 4.48. The molecule has 0 heterocycles. The average Bonchev–Trinajstić information content (AvgIpc) is 3.10. The van der Waals surface area contributed by atoms with Crippen LogP contribution in [0.2, 0.25) is 0 Å². The van der Waals surface area contributed by atoms with Crippen molar-refractivity contribution in [3.05, 3.63) is 11.6 Å². The summed E-state index contributed by atoms with van der Waals surface area (Å²) >= 11 is 0. The van der Waals surface area contributed by atoms with Crippen LogP contribution in [0.1, 0.15) is 106 Å². The Hall–Kier alpha value is -1.32. The minimum Gasteiger partial charge on any atom is -0.481 e. The molecule has 34 heavy (non-hydrogen) atoms. The van der Waals surface area contributed by atoms with Gasteiger partial charge in [0.25, 0.3) is 0 Å². The van der Waals surface area contributed by atoms with Gasteiger partial charge in [-0.1, -0.05) is 46.3 Å². The van der Waals surface area contributed by atoms with Crippen LogP contribution in [0.5, 0.6) is 0 Å². The van der Waals surface area contributed by atoms with Gasteiger partial charge in [-0.05, 0) is 104 Å². The molecule has 0 aliphatic heterocycles. The third-order valence-electron chi connectivity index (χ3n) is 11.3. The number of ether oxygens (including phenoxy) is 1. The molecule has 4 rings (SSSR count).